The third-order valence-electron chi connectivity index (χ3n) is 1.72. The minimum atomic E-state index is -0.184. The average molecular weight is 236 g/mol. The van der Waals surface area contributed by atoms with Crippen molar-refractivity contribution in [3.8, 4) is 0 Å². The van der Waals surface area contributed by atoms with Gasteiger partial charge in [-0.05, 0) is 24.6 Å². The number of furan rings is 1. The number of nitrogens with zero attached hydrogens (tertiary/aromatic N) is 1. The molecule has 0 fully saturated rings. The molecule has 0 N–H and O–H groups in total. The molecule has 1 aromatic heterocycles. The molecule has 0 aliphatic rings. The first-order chi connectivity index (χ1) is 6.52. The first kappa shape index (κ1) is 11.4. The standard InChI is InChI=1S/C9H11Cl2NO2/c1-6(10)5-12(2)9(13)7-3-4-14-8(7)11/h3-4,6H,5H2,1-2H3. The highest BCUT2D eigenvalue weighted by Gasteiger charge is 2.18. The van der Waals surface area contributed by atoms with Crippen LogP contribution in [0.15, 0.2) is 16.7 Å². The highest BCUT2D eigenvalue weighted by molar-refractivity contribution is 6.32. The molecule has 0 saturated carbocycles. The molecule has 1 amide bonds. The van der Waals surface area contributed by atoms with Crippen LogP contribution in [0.1, 0.15) is 17.3 Å². The van der Waals surface area contributed by atoms with E-state index in [9.17, 15) is 4.79 Å². The summed E-state index contributed by atoms with van der Waals surface area (Å²) in [4.78, 5) is 13.2. The van der Waals surface area contributed by atoms with Gasteiger partial charge < -0.3 is 9.32 Å². The van der Waals surface area contributed by atoms with E-state index < -0.39 is 0 Å². The Morgan fingerprint density at radius 1 is 1.71 bits per heavy atom. The molecule has 0 saturated heterocycles. The highest BCUT2D eigenvalue weighted by atomic mass is 35.5. The van der Waals surface area contributed by atoms with Crippen molar-refractivity contribution in [3.05, 3.63) is 23.1 Å². The first-order valence-corrected chi connectivity index (χ1v) is 4.96. The topological polar surface area (TPSA) is 33.5 Å². The number of halogens is 2. The van der Waals surface area contributed by atoms with Crippen molar-refractivity contribution in [2.24, 2.45) is 0 Å². The quantitative estimate of drug-likeness (QED) is 0.756. The van der Waals surface area contributed by atoms with Crippen molar-refractivity contribution in [2.75, 3.05) is 13.6 Å². The number of carbonyl (C=O) groups excluding carboxylic acids is 1. The first-order valence-electron chi connectivity index (χ1n) is 4.15. The lowest BCUT2D eigenvalue weighted by Crippen LogP contribution is -2.31. The van der Waals surface area contributed by atoms with E-state index in [0.29, 0.717) is 12.1 Å². The molecule has 1 unspecified atom stereocenters. The molecule has 3 nitrogen and oxygen atoms in total. The lowest BCUT2D eigenvalue weighted by molar-refractivity contribution is 0.0795. The third kappa shape index (κ3) is 2.66. The van der Waals surface area contributed by atoms with Gasteiger partial charge in [0.1, 0.15) is 0 Å². The van der Waals surface area contributed by atoms with Crippen molar-refractivity contribution in [1.29, 1.82) is 0 Å². The summed E-state index contributed by atoms with van der Waals surface area (Å²) in [7, 11) is 1.67. The Morgan fingerprint density at radius 3 is 2.79 bits per heavy atom. The monoisotopic (exact) mass is 235 g/mol. The Kier molecular flexibility index (Phi) is 3.84. The summed E-state index contributed by atoms with van der Waals surface area (Å²) in [5, 5.41) is 0.0266. The molecular formula is C9H11Cl2NO2. The predicted octanol–water partition coefficient (Wildman–Crippen LogP) is 2.63. The molecule has 0 spiro atoms. The summed E-state index contributed by atoms with van der Waals surface area (Å²) >= 11 is 11.4. The molecule has 1 atom stereocenters. The van der Waals surface area contributed by atoms with E-state index in [1.807, 2.05) is 6.92 Å². The van der Waals surface area contributed by atoms with Gasteiger partial charge in [-0.15, -0.1) is 11.6 Å². The van der Waals surface area contributed by atoms with Crippen LogP contribution in [0.4, 0.5) is 0 Å². The fourth-order valence-electron chi connectivity index (χ4n) is 1.11. The summed E-state index contributed by atoms with van der Waals surface area (Å²) in [6, 6.07) is 1.54. The fourth-order valence-corrected chi connectivity index (χ4v) is 1.51. The maximum absolute atomic E-state index is 11.7. The van der Waals surface area contributed by atoms with Crippen LogP contribution in [0, 0.1) is 0 Å². The van der Waals surface area contributed by atoms with Crippen LogP contribution in [-0.2, 0) is 0 Å². The van der Waals surface area contributed by atoms with Gasteiger partial charge in [-0.1, -0.05) is 0 Å². The molecule has 0 aromatic carbocycles. The van der Waals surface area contributed by atoms with E-state index in [-0.39, 0.29) is 16.5 Å². The summed E-state index contributed by atoms with van der Waals surface area (Å²) in [5.41, 5.74) is 0.367. The fraction of sp³-hybridized carbons (Fsp3) is 0.444. The van der Waals surface area contributed by atoms with Gasteiger partial charge in [0.05, 0.1) is 11.8 Å². The molecule has 0 radical (unpaired) electrons. The van der Waals surface area contributed by atoms with Crippen LogP contribution >= 0.6 is 23.2 Å². The van der Waals surface area contributed by atoms with Crippen LogP contribution in [0.2, 0.25) is 5.22 Å². The molecule has 1 aromatic rings. The number of rotatable bonds is 3. The summed E-state index contributed by atoms with van der Waals surface area (Å²) in [5.74, 6) is -0.184. The Hall–Kier alpha value is -0.670. The molecular weight excluding hydrogens is 225 g/mol. The molecule has 5 heteroatoms. The third-order valence-corrected chi connectivity index (χ3v) is 2.15. The number of amides is 1. The highest BCUT2D eigenvalue weighted by Crippen LogP contribution is 2.18. The van der Waals surface area contributed by atoms with Crippen molar-refractivity contribution in [2.45, 2.75) is 12.3 Å². The molecule has 1 heterocycles. The van der Waals surface area contributed by atoms with Gasteiger partial charge in [-0.2, -0.15) is 0 Å². The SMILES string of the molecule is CC(Cl)CN(C)C(=O)c1ccoc1Cl. The maximum atomic E-state index is 11.7. The molecule has 78 valence electrons. The van der Waals surface area contributed by atoms with E-state index in [2.05, 4.69) is 0 Å². The summed E-state index contributed by atoms with van der Waals surface area (Å²) < 4.78 is 4.83. The van der Waals surface area contributed by atoms with Crippen molar-refractivity contribution in [1.82, 2.24) is 4.90 Å². The van der Waals surface area contributed by atoms with Gasteiger partial charge in [0, 0.05) is 19.0 Å². The largest absolute Gasteiger partial charge is 0.452 e. The van der Waals surface area contributed by atoms with E-state index >= 15 is 0 Å². The zero-order valence-corrected chi connectivity index (χ0v) is 9.47. The van der Waals surface area contributed by atoms with Gasteiger partial charge in [0.15, 0.2) is 0 Å². The van der Waals surface area contributed by atoms with Crippen LogP contribution in [0.5, 0.6) is 0 Å². The molecule has 0 aliphatic heterocycles. The second kappa shape index (κ2) is 4.71. The Balaban J connectivity index is 2.71. The van der Waals surface area contributed by atoms with Gasteiger partial charge in [-0.25, -0.2) is 0 Å². The van der Waals surface area contributed by atoms with Crippen LogP contribution in [0.3, 0.4) is 0 Å². The van der Waals surface area contributed by atoms with Crippen LogP contribution in [0.25, 0.3) is 0 Å². The minimum Gasteiger partial charge on any atom is -0.452 e. The smallest absolute Gasteiger partial charge is 0.258 e. The number of hydrogen-bond donors (Lipinski definition) is 0. The normalized spacial score (nSPS) is 12.6. The number of hydrogen-bond acceptors (Lipinski definition) is 2. The average Bonchev–Trinajstić information content (AvgIpc) is 2.48. The van der Waals surface area contributed by atoms with Crippen molar-refractivity contribution in [3.63, 3.8) is 0 Å². The Morgan fingerprint density at radius 2 is 2.36 bits per heavy atom. The molecule has 0 bridgehead atoms. The molecule has 0 aliphatic carbocycles. The van der Waals surface area contributed by atoms with Crippen LogP contribution < -0.4 is 0 Å². The van der Waals surface area contributed by atoms with Gasteiger partial charge >= 0.3 is 0 Å². The Labute approximate surface area is 92.6 Å². The summed E-state index contributed by atoms with van der Waals surface area (Å²) in [6.07, 6.45) is 1.38. The lowest BCUT2D eigenvalue weighted by atomic mass is 10.3. The zero-order chi connectivity index (χ0) is 10.7. The van der Waals surface area contributed by atoms with Crippen molar-refractivity contribution >= 4 is 29.1 Å². The van der Waals surface area contributed by atoms with E-state index in [0.717, 1.165) is 0 Å². The lowest BCUT2D eigenvalue weighted by Gasteiger charge is -2.17. The van der Waals surface area contributed by atoms with E-state index in [1.54, 1.807) is 13.1 Å². The summed E-state index contributed by atoms with van der Waals surface area (Å²) in [6.45, 7) is 2.30. The van der Waals surface area contributed by atoms with Gasteiger partial charge in [0.25, 0.3) is 5.91 Å². The molecule has 1 rings (SSSR count). The number of carbonyl (C=O) groups is 1. The zero-order valence-electron chi connectivity index (χ0n) is 7.96. The van der Waals surface area contributed by atoms with Crippen LogP contribution in [-0.4, -0.2) is 29.8 Å². The Bertz CT molecular complexity index is 322. The number of alkyl halides is 1. The minimum absolute atomic E-state index is 0.0883. The second-order valence-corrected chi connectivity index (χ2v) is 4.16. The van der Waals surface area contributed by atoms with E-state index in [4.69, 9.17) is 27.6 Å². The van der Waals surface area contributed by atoms with Gasteiger partial charge in [0.2, 0.25) is 5.22 Å². The molecule has 14 heavy (non-hydrogen) atoms. The maximum Gasteiger partial charge on any atom is 0.258 e. The second-order valence-electron chi connectivity index (χ2n) is 3.07. The predicted molar refractivity (Wildman–Crippen MR) is 56.0 cm³/mol. The van der Waals surface area contributed by atoms with E-state index in [1.165, 1.54) is 11.2 Å². The van der Waals surface area contributed by atoms with Gasteiger partial charge in [-0.3, -0.25) is 4.79 Å². The van der Waals surface area contributed by atoms with Crippen molar-refractivity contribution < 1.29 is 9.21 Å².